The minimum Gasteiger partial charge on any atom is -0.507 e. The molecular formula is C88H117Cl2N11O30. The number of phenols is 3. The minimum absolute atomic E-state index is 0.0166. The average Bonchev–Trinajstić information content (AvgIpc) is 0.753. The Labute approximate surface area is 762 Å². The molecule has 2 fully saturated rings. The Morgan fingerprint density at radius 2 is 1.28 bits per heavy atom. The molecule has 131 heavy (non-hydrogen) atoms. The largest absolute Gasteiger partial charge is 0.507 e. The second kappa shape index (κ2) is 45.8. The lowest BCUT2D eigenvalue weighted by Crippen LogP contribution is -2.64. The van der Waals surface area contributed by atoms with Gasteiger partial charge in [0, 0.05) is 36.2 Å². The van der Waals surface area contributed by atoms with Gasteiger partial charge in [-0.3, -0.25) is 43.2 Å². The van der Waals surface area contributed by atoms with Crippen LogP contribution in [0, 0.1) is 11.8 Å². The van der Waals surface area contributed by atoms with Gasteiger partial charge in [0.25, 0.3) is 5.91 Å². The summed E-state index contributed by atoms with van der Waals surface area (Å²) in [5.74, 6) is -19.2. The van der Waals surface area contributed by atoms with Crippen LogP contribution in [0.1, 0.15) is 188 Å². The number of amides is 9. The number of carboxylic acid groups (broad SMARTS) is 1. The van der Waals surface area contributed by atoms with Gasteiger partial charge in [0.05, 0.1) is 59.0 Å². The van der Waals surface area contributed by atoms with Crippen molar-refractivity contribution in [1.82, 2.24) is 53.2 Å². The molecule has 718 valence electrons. The third-order valence-corrected chi connectivity index (χ3v) is 24.4. The molecule has 1 aliphatic carbocycles. The number of primary amides is 1. The molecule has 0 spiro atoms. The predicted octanol–water partition coefficient (Wildman–Crippen LogP) is 0.490. The number of unbranched alkanes of at least 4 members (excludes halogenated alkanes) is 7. The van der Waals surface area contributed by atoms with Crippen LogP contribution in [0.2, 0.25) is 10.0 Å². The number of aliphatic carboxylic acids is 1. The van der Waals surface area contributed by atoms with Crippen LogP contribution in [0.3, 0.4) is 0 Å². The van der Waals surface area contributed by atoms with Crippen LogP contribution >= 0.6 is 23.2 Å². The lowest BCUT2D eigenvalue weighted by atomic mass is 9.73. The highest BCUT2D eigenvalue weighted by Crippen LogP contribution is 2.51. The van der Waals surface area contributed by atoms with Crippen molar-refractivity contribution in [3.63, 3.8) is 0 Å². The lowest BCUT2D eigenvalue weighted by molar-refractivity contribution is -0.299. The summed E-state index contributed by atoms with van der Waals surface area (Å²) in [5.41, 5.74) is 0.543. The summed E-state index contributed by atoms with van der Waals surface area (Å²) >= 11 is 14.4. The number of benzene rings is 5. The highest BCUT2D eigenvalue weighted by atomic mass is 35.5. The monoisotopic (exact) mass is 1880 g/mol. The number of carbonyl (C=O) groups excluding carboxylic acids is 9. The SMILES string of the molecule is CCCCCCCCCCC(=O)NC1(C)C[C@H](O[C@@H]2C(O)C(O)[C@@H](CO)O[C@H]2Oc2c3cc4cc2Oc2ccc(cc2Cl)[C@@H](O)[C@@H](NC(=O)[C@@H](CC(C)C)NC)C(=O)NC(CC(N)=O)C(=O)N[C@H]4C(=O)N[C@H]2C(=O)N[C@H](C(=O)N[C@H](C(=O)O)c4cc(O)c(CNCCCNC(=O)[C@H](O)[C@@H](O)[C@H](O)[C@H](O)CO)c(O)c4-c4cc2ccc4O)[C@H](O)c2ccc(c(Cl)c2)O3)C[C@@H](C)[C@H]1O. The van der Waals surface area contributed by atoms with Crippen LogP contribution in [0.5, 0.6) is 46.0 Å². The first kappa shape index (κ1) is 103. The van der Waals surface area contributed by atoms with E-state index in [1.165, 1.54) is 19.2 Å². The number of ether oxygens (including phenoxy) is 5. The topological polar surface area (TPSA) is 667 Å². The molecule has 43 heteroatoms. The van der Waals surface area contributed by atoms with E-state index < -0.39 is 296 Å². The molecular weight excluding hydrogens is 1760 g/mol. The van der Waals surface area contributed by atoms with Gasteiger partial charge < -0.3 is 159 Å². The molecule has 11 bridgehead atoms. The van der Waals surface area contributed by atoms with Crippen molar-refractivity contribution < 1.29 is 148 Å². The molecule has 9 amide bonds. The van der Waals surface area contributed by atoms with E-state index in [9.17, 15) is 95.5 Å². The molecule has 5 aromatic rings. The van der Waals surface area contributed by atoms with Gasteiger partial charge in [-0.2, -0.15) is 0 Å². The van der Waals surface area contributed by atoms with Gasteiger partial charge in [-0.25, -0.2) is 4.79 Å². The maximum absolute atomic E-state index is 16.5. The number of halogens is 2. The van der Waals surface area contributed by atoms with Crippen molar-refractivity contribution in [2.24, 2.45) is 17.6 Å². The molecule has 1 saturated heterocycles. The fraction of sp³-hybridized carbons (Fsp3) is 0.545. The van der Waals surface area contributed by atoms with Crippen molar-refractivity contribution in [2.75, 3.05) is 33.4 Å². The van der Waals surface area contributed by atoms with Gasteiger partial charge in [-0.05, 0) is 141 Å². The number of hydrogen-bond donors (Lipinski definition) is 26. The zero-order valence-electron chi connectivity index (χ0n) is 72.7. The summed E-state index contributed by atoms with van der Waals surface area (Å²) in [6, 6.07) is -2.42. The van der Waals surface area contributed by atoms with Crippen LogP contribution in [0.15, 0.2) is 72.8 Å². The lowest BCUT2D eigenvalue weighted by Gasteiger charge is -2.48. The van der Waals surface area contributed by atoms with Crippen molar-refractivity contribution >= 4 is 82.3 Å². The van der Waals surface area contributed by atoms with Crippen LogP contribution in [0.4, 0.5) is 0 Å². The highest BCUT2D eigenvalue weighted by Gasteiger charge is 2.53. The summed E-state index contributed by atoms with van der Waals surface area (Å²) in [4.78, 5) is 146. The number of likely N-dealkylation sites (N-methyl/N-ethyl adjacent to an activating group) is 1. The molecule has 1 saturated carbocycles. The fourth-order valence-electron chi connectivity index (χ4n) is 16.6. The first-order valence-corrected chi connectivity index (χ1v) is 44.0. The quantitative estimate of drug-likeness (QED) is 0.0249. The molecule has 0 aromatic heterocycles. The van der Waals surface area contributed by atoms with E-state index in [-0.39, 0.29) is 73.9 Å². The Balaban J connectivity index is 1.15. The third-order valence-electron chi connectivity index (χ3n) is 23.8. The molecule has 6 aliphatic heterocycles. The van der Waals surface area contributed by atoms with Crippen molar-refractivity contribution in [3.8, 4) is 57.1 Å². The standard InChI is InChI=1S/C88H117Cl2N11O30/c1-7-8-9-10-11-12-13-14-16-61(108)101-88(5)34-44(26-39(4)78(88)117)127-77-74(115)72(113)59(37-103)130-87(77)131-76-57-30-43-31-58(76)129-56-22-19-42(29-49(56)90)69(110)67-84(123)98-65(86(125)126)46-32-53(105)47(35-93-23-15-24-94-85(124)75(116)73(114)71(112)54(106)36-102)70(111)62(46)45-27-40(17-20-52(45)104)63(81(120)100-67)97-82(121)64(43)96-80(119)51(33-60(91)107)95-83(122)66(99-79(118)50(92-6)25-38(2)3)68(109)41-18-21-55(128-57)48(89)28-41/h17-22,27-32,38-39,44,50-51,54,59,63-69,71-75,77-78,87,92-93,102-106,109-117H,7-16,23-26,33-37H2,1-6H3,(H2,91,107)(H,94,124)(H,95,122)(H,96,119)(H,97,121)(H,98,123)(H,99,118)(H,100,120)(H,101,108)(H,125,126)/t39-,44-,50-,51?,54-,59-,63-,64-,65+,66-,67+,68-,69-,71-,72?,73+,74?,75-,77-,78-,87+,88?/m1/s1. The van der Waals surface area contributed by atoms with Crippen LogP contribution in [-0.4, -0.2) is 266 Å². The van der Waals surface area contributed by atoms with Gasteiger partial charge >= 0.3 is 5.97 Å². The van der Waals surface area contributed by atoms with E-state index in [2.05, 4.69) is 60.1 Å². The van der Waals surface area contributed by atoms with E-state index in [4.69, 9.17) is 57.7 Å². The Kier molecular flexibility index (Phi) is 35.9. The van der Waals surface area contributed by atoms with Gasteiger partial charge in [0.2, 0.25) is 59.3 Å². The van der Waals surface area contributed by atoms with Crippen LogP contribution < -0.4 is 73.1 Å². The van der Waals surface area contributed by atoms with Crippen molar-refractivity contribution in [3.05, 3.63) is 116 Å². The average molecular weight is 1880 g/mol. The van der Waals surface area contributed by atoms with Crippen LogP contribution in [0.25, 0.3) is 11.1 Å². The Morgan fingerprint density at radius 1 is 0.672 bits per heavy atom. The first-order chi connectivity index (χ1) is 62.1. The van der Waals surface area contributed by atoms with E-state index in [1.54, 1.807) is 27.7 Å². The van der Waals surface area contributed by atoms with Gasteiger partial charge in [0.15, 0.2) is 23.6 Å². The zero-order chi connectivity index (χ0) is 95.9. The van der Waals surface area contributed by atoms with Gasteiger partial charge in [0.1, 0.15) is 114 Å². The van der Waals surface area contributed by atoms with E-state index in [1.807, 2.05) is 0 Å². The summed E-state index contributed by atoms with van der Waals surface area (Å²) in [6.45, 7) is 6.14. The number of phenolic OH excluding ortho intramolecular Hbond substituents is 3. The normalized spacial score (nSPS) is 26.3. The first-order valence-electron chi connectivity index (χ1n) is 43.3. The molecule has 7 aliphatic rings. The number of rotatable bonds is 34. The smallest absolute Gasteiger partial charge is 0.330 e. The number of aliphatic hydroxyl groups excluding tert-OH is 11. The van der Waals surface area contributed by atoms with Crippen molar-refractivity contribution in [2.45, 2.75) is 258 Å². The minimum atomic E-state index is -2.44. The Morgan fingerprint density at radius 3 is 1.89 bits per heavy atom. The number of carbonyl (C=O) groups is 10. The predicted molar refractivity (Wildman–Crippen MR) is 464 cm³/mol. The highest BCUT2D eigenvalue weighted by molar-refractivity contribution is 6.32. The number of nitrogens with one attached hydrogen (secondary N) is 10. The van der Waals surface area contributed by atoms with Gasteiger partial charge in [-0.1, -0.05) is 114 Å². The van der Waals surface area contributed by atoms with Crippen LogP contribution in [-0.2, 0) is 64.0 Å². The van der Waals surface area contributed by atoms with E-state index >= 15 is 24.0 Å². The number of aliphatic hydroxyl groups is 11. The number of fused-ring (bicyclic) bond motifs is 15. The van der Waals surface area contributed by atoms with Crippen molar-refractivity contribution in [1.29, 1.82) is 0 Å². The molecule has 22 atom stereocenters. The van der Waals surface area contributed by atoms with E-state index in [0.717, 1.165) is 106 Å². The third kappa shape index (κ3) is 24.9. The summed E-state index contributed by atoms with van der Waals surface area (Å²) in [5, 5.41) is 194. The second-order valence-electron chi connectivity index (χ2n) is 34.2. The Bertz CT molecular complexity index is 4940. The summed E-state index contributed by atoms with van der Waals surface area (Å²) in [6.07, 6.45) is -18.1. The van der Waals surface area contributed by atoms with E-state index in [0.29, 0.717) is 6.42 Å². The summed E-state index contributed by atoms with van der Waals surface area (Å²) in [7, 11) is 1.46. The Hall–Kier alpha value is -10.4. The molecule has 41 nitrogen and oxygen atoms in total. The molecule has 6 heterocycles. The maximum Gasteiger partial charge on any atom is 0.330 e. The van der Waals surface area contributed by atoms with Gasteiger partial charge in [-0.15, -0.1) is 0 Å². The molecule has 4 unspecified atom stereocenters. The number of carboxylic acids is 1. The molecule has 0 radical (unpaired) electrons. The maximum atomic E-state index is 16.5. The number of hydrogen-bond acceptors (Lipinski definition) is 31. The fourth-order valence-corrected chi connectivity index (χ4v) is 17.1. The zero-order valence-corrected chi connectivity index (χ0v) is 74.2. The number of aromatic hydroxyl groups is 3. The number of nitrogens with two attached hydrogens (primary N) is 1. The molecule has 5 aromatic carbocycles. The molecule has 12 rings (SSSR count). The molecule has 27 N–H and O–H groups in total. The second-order valence-corrected chi connectivity index (χ2v) is 35.0. The summed E-state index contributed by atoms with van der Waals surface area (Å²) < 4.78 is 33.5.